The molecule has 0 N–H and O–H groups in total. The minimum atomic E-state index is -1.11. The first kappa shape index (κ1) is 11.1. The van der Waals surface area contributed by atoms with E-state index in [4.69, 9.17) is 26.3 Å². The topological polar surface area (TPSA) is 13.1 Å². The summed E-state index contributed by atoms with van der Waals surface area (Å²) in [5.41, 5.74) is -7.52. The van der Waals surface area contributed by atoms with Crippen molar-refractivity contribution >= 4 is 54.3 Å². The number of benzene rings is 9. The van der Waals surface area contributed by atoms with Crippen LogP contribution in [0.25, 0.3) is 98.8 Å². The highest BCUT2D eigenvalue weighted by atomic mass is 16.3. The Hall–Kier alpha value is -6.44. The van der Waals surface area contributed by atoms with E-state index in [9.17, 15) is 19.2 Å². The largest absolute Gasteiger partial charge is 0.456 e. The van der Waals surface area contributed by atoms with Gasteiger partial charge in [-0.3, -0.25) is 0 Å². The van der Waals surface area contributed by atoms with Crippen LogP contribution >= 0.6 is 0 Å². The van der Waals surface area contributed by atoms with E-state index < -0.39 is 275 Å². The molecule has 0 aliphatic carbocycles. The normalized spacial score (nSPS) is 20.2. The minimum absolute atomic E-state index is 0.389. The third kappa shape index (κ3) is 4.55. The zero-order valence-electron chi connectivity index (χ0n) is 54.4. The van der Waals surface area contributed by atoms with Gasteiger partial charge in [0.1, 0.15) is 11.2 Å². The van der Waals surface area contributed by atoms with Crippen LogP contribution in [0.5, 0.6) is 0 Å². The van der Waals surface area contributed by atoms with Gasteiger partial charge >= 0.3 is 0 Å². The molecule has 1 nitrogen and oxygen atoms in total. The van der Waals surface area contributed by atoms with Gasteiger partial charge in [-0.05, 0) is 113 Å². The van der Waals surface area contributed by atoms with Crippen LogP contribution in [0.3, 0.4) is 0 Å². The Balaban J connectivity index is 1.40. The molecule has 0 aliphatic rings. The van der Waals surface area contributed by atoms with Gasteiger partial charge in [0, 0.05) is 10.8 Å². The molecule has 228 valence electrons. The molecule has 1 aromatic heterocycles. The van der Waals surface area contributed by atoms with Crippen LogP contribution in [-0.4, -0.2) is 0 Å². The molecule has 1 heterocycles. The molecule has 0 saturated heterocycles. The quantitative estimate of drug-likeness (QED) is 0.172. The number of hydrogen-bond donors (Lipinski definition) is 0. The maximum atomic E-state index is 9.78. The van der Waals surface area contributed by atoms with Gasteiger partial charge in [0.15, 0.2) is 0 Å². The van der Waals surface area contributed by atoms with Crippen molar-refractivity contribution in [3.05, 3.63) is 181 Å². The molecule has 0 radical (unpaired) electrons. The summed E-state index contributed by atoms with van der Waals surface area (Å²) in [6, 6.07) is -28.5. The molecule has 0 saturated carbocycles. The molecule has 0 unspecified atom stereocenters. The van der Waals surface area contributed by atoms with Gasteiger partial charge in [0.05, 0.1) is 41.1 Å². The minimum Gasteiger partial charge on any atom is -0.456 e. The van der Waals surface area contributed by atoms with Gasteiger partial charge in [-0.15, -0.1) is 0 Å². The molecule has 0 spiro atoms. The van der Waals surface area contributed by atoms with Crippen molar-refractivity contribution in [2.75, 3.05) is 0 Å². The summed E-state index contributed by atoms with van der Waals surface area (Å²) >= 11 is 0. The van der Waals surface area contributed by atoms with Crippen molar-refractivity contribution in [2.45, 2.75) is 0 Å². The first-order chi connectivity index (χ1) is 36.8. The summed E-state index contributed by atoms with van der Waals surface area (Å²) in [6.07, 6.45) is 0. The van der Waals surface area contributed by atoms with E-state index in [0.29, 0.717) is 0 Å². The van der Waals surface area contributed by atoms with Gasteiger partial charge in [-0.2, -0.15) is 0 Å². The highest BCUT2D eigenvalue weighted by molar-refractivity contribution is 6.22. The van der Waals surface area contributed by atoms with Crippen LogP contribution < -0.4 is 0 Å². The fraction of sp³-hybridized carbons (Fsp3) is 0. The zero-order valence-corrected chi connectivity index (χ0v) is 24.4. The maximum absolute atomic E-state index is 9.78. The second kappa shape index (κ2) is 11.1. The summed E-state index contributed by atoms with van der Waals surface area (Å²) in [4.78, 5) is 0. The lowest BCUT2D eigenvalue weighted by Crippen LogP contribution is -1.91. The van der Waals surface area contributed by atoms with Crippen molar-refractivity contribution in [1.29, 1.82) is 0 Å². The Morgan fingerprint density at radius 1 is 0.286 bits per heavy atom. The summed E-state index contributed by atoms with van der Waals surface area (Å²) in [6.45, 7) is 0. The third-order valence-electron chi connectivity index (χ3n) is 7.76. The summed E-state index contributed by atoms with van der Waals surface area (Å²) in [7, 11) is 0. The second-order valence-corrected chi connectivity index (χ2v) is 10.5. The number of rotatable bonds is 4. The lowest BCUT2D eigenvalue weighted by Gasteiger charge is -2.18. The van der Waals surface area contributed by atoms with E-state index >= 15 is 0 Å². The SMILES string of the molecule is [2H]c1c([2H])c([2H])c(-c2c([2H])c([2H])c([2H])c(-c3c([2H])c([2H])c4c([2H])c(-c5c6c([2H])c([2H])c([2H])c([2H])c6c(-c6c([2H])c([2H])c7c(oc8c([2H])c([2H])c([2H])c([2H])c87)c6[2H])c6c([2H])c([2H])c([2H])c([2H])c56)c([2H])c([2H])c4c3[2H])c2[2H])c([2H])c1[2H]. The van der Waals surface area contributed by atoms with Gasteiger partial charge < -0.3 is 4.42 Å². The van der Waals surface area contributed by atoms with Gasteiger partial charge in [-0.25, -0.2) is 0 Å². The van der Waals surface area contributed by atoms with E-state index in [2.05, 4.69) is 0 Å². The Kier molecular flexibility index (Phi) is 2.50. The van der Waals surface area contributed by atoms with Gasteiger partial charge in [0.2, 0.25) is 0 Å². The van der Waals surface area contributed by atoms with E-state index in [1.807, 2.05) is 0 Å². The monoisotopic (exact) mass is 652 g/mol. The molecule has 0 bridgehead atoms. The summed E-state index contributed by atoms with van der Waals surface area (Å²) < 4.78 is 275. The number of hydrogen-bond acceptors (Lipinski definition) is 1. The Bertz CT molecular complexity index is 4490. The molecule has 9 aromatic carbocycles. The molecule has 10 rings (SSSR count). The lowest BCUT2D eigenvalue weighted by atomic mass is 9.85. The Morgan fingerprint density at radius 3 is 1.41 bits per heavy atom. The zero-order chi connectivity index (χ0) is 58.4. The van der Waals surface area contributed by atoms with Crippen LogP contribution in [0.2, 0.25) is 0 Å². The molecular weight excluding hydrogens is 593 g/mol. The molecule has 49 heavy (non-hydrogen) atoms. The first-order valence-corrected chi connectivity index (χ1v) is 14.4. The second-order valence-electron chi connectivity index (χ2n) is 10.5. The van der Waals surface area contributed by atoms with Crippen molar-refractivity contribution in [2.24, 2.45) is 0 Å². The van der Waals surface area contributed by atoms with Crippen LogP contribution in [-0.2, 0) is 0 Å². The molecule has 0 amide bonds. The van der Waals surface area contributed by atoms with Gasteiger partial charge in [-0.1, -0.05) is 145 Å². The van der Waals surface area contributed by atoms with E-state index in [-0.39, 0.29) is 5.39 Å². The fourth-order valence-electron chi connectivity index (χ4n) is 5.64. The fourth-order valence-corrected chi connectivity index (χ4v) is 5.64. The summed E-state index contributed by atoms with van der Waals surface area (Å²) in [5.74, 6) is 0. The van der Waals surface area contributed by atoms with E-state index in [0.717, 1.165) is 0 Å². The number of fused-ring (bicyclic) bond motifs is 6. The predicted molar refractivity (Wildman–Crippen MR) is 208 cm³/mol. The smallest absolute Gasteiger partial charge is 0.136 e. The number of furan rings is 1. The lowest BCUT2D eigenvalue weighted by molar-refractivity contribution is 0.669. The molecule has 0 fully saturated rings. The van der Waals surface area contributed by atoms with Crippen LogP contribution in [0.15, 0.2) is 186 Å². The van der Waals surface area contributed by atoms with Crippen LogP contribution in [0, 0.1) is 0 Å². The third-order valence-corrected chi connectivity index (χ3v) is 7.76. The molecule has 1 heteroatoms. The van der Waals surface area contributed by atoms with E-state index in [1.54, 1.807) is 0 Å². The van der Waals surface area contributed by atoms with Crippen LogP contribution in [0.4, 0.5) is 0 Å². The van der Waals surface area contributed by atoms with Crippen molar-refractivity contribution in [1.82, 2.24) is 0 Å². The average Bonchev–Trinajstić information content (AvgIpc) is 3.49. The van der Waals surface area contributed by atoms with Crippen LogP contribution in [0.1, 0.15) is 41.1 Å². The summed E-state index contributed by atoms with van der Waals surface area (Å²) in [5, 5.41) is -5.42. The highest BCUT2D eigenvalue weighted by Crippen LogP contribution is 2.45. The van der Waals surface area contributed by atoms with Crippen molar-refractivity contribution in [3.63, 3.8) is 0 Å². The molecular formula is C48H30O. The molecule has 10 aromatic rings. The Morgan fingerprint density at radius 2 is 0.735 bits per heavy atom. The van der Waals surface area contributed by atoms with Crippen molar-refractivity contribution in [3.8, 4) is 44.5 Å². The highest BCUT2D eigenvalue weighted by Gasteiger charge is 2.18. The molecule has 0 aliphatic heterocycles. The van der Waals surface area contributed by atoms with Gasteiger partial charge in [0.25, 0.3) is 0 Å². The average molecular weight is 653 g/mol. The van der Waals surface area contributed by atoms with E-state index in [1.165, 1.54) is 0 Å². The maximum Gasteiger partial charge on any atom is 0.136 e. The van der Waals surface area contributed by atoms with Crippen molar-refractivity contribution < 1.29 is 45.5 Å². The predicted octanol–water partition coefficient (Wildman–Crippen LogP) is 13.7. The number of para-hydroxylation sites is 1. The Labute approximate surface area is 326 Å². The first-order valence-electron chi connectivity index (χ1n) is 29.4. The molecule has 0 atom stereocenters. The standard InChI is InChI=1S/C48H30O/c1-2-11-31(12-3-1)32-13-10-14-33(27-32)34-21-22-36-29-37(24-23-35(36)28-34)47-41-16-4-6-18-43(41)48(44-19-7-5-17-42(44)47)38-25-26-40-39-15-8-9-20-45(39)49-46(40)30-38/h1-30H/i1D,2D,3D,4D,5D,6D,7D,8D,9D,10D,11D,12D,13D,14D,15D,16D,17D,18D,19D,20D,21D,22D,23D,24D,25D,26D,27D,28D,29D,30D.